The first-order valence-electron chi connectivity index (χ1n) is 12.7. The van der Waals surface area contributed by atoms with Crippen LogP contribution in [-0.4, -0.2) is 12.6 Å². The van der Waals surface area contributed by atoms with E-state index in [9.17, 15) is 9.90 Å². The Bertz CT molecular complexity index is 1200. The van der Waals surface area contributed by atoms with Gasteiger partial charge in [-0.05, 0) is 81.3 Å². The molecule has 0 N–H and O–H groups in total. The number of ether oxygens (including phenoxy) is 1. The molecule has 0 aromatic heterocycles. The van der Waals surface area contributed by atoms with Gasteiger partial charge in [0, 0.05) is 5.56 Å². The molecule has 0 unspecified atom stereocenters. The molecule has 1 aliphatic carbocycles. The number of rotatable bonds is 8. The third kappa shape index (κ3) is 4.85. The summed E-state index contributed by atoms with van der Waals surface area (Å²) in [4.78, 5) is 11.6. The molecule has 0 heterocycles. The lowest BCUT2D eigenvalue weighted by Gasteiger charge is -2.42. The molecule has 3 nitrogen and oxygen atoms in total. The summed E-state index contributed by atoms with van der Waals surface area (Å²) >= 11 is 0. The van der Waals surface area contributed by atoms with Crippen molar-refractivity contribution in [1.29, 1.82) is 0 Å². The van der Waals surface area contributed by atoms with Crippen LogP contribution in [-0.2, 0) is 10.8 Å². The molecule has 3 aromatic carbocycles. The molecule has 4 rings (SSSR count). The zero-order chi connectivity index (χ0) is 24.5. The summed E-state index contributed by atoms with van der Waals surface area (Å²) in [7, 11) is 0. The van der Waals surface area contributed by atoms with Crippen molar-refractivity contribution in [2.75, 3.05) is 6.61 Å². The van der Waals surface area contributed by atoms with E-state index in [4.69, 9.17) is 4.74 Å². The third-order valence-electron chi connectivity index (χ3n) is 7.60. The van der Waals surface area contributed by atoms with Crippen LogP contribution >= 0.6 is 0 Å². The summed E-state index contributed by atoms with van der Waals surface area (Å²) in [5, 5.41) is 14.1. The normalized spacial score (nSPS) is 16.3. The highest BCUT2D eigenvalue weighted by molar-refractivity contribution is 5.92. The fraction of sp³-hybridized carbons (Fsp3) is 0.452. The molecule has 1 aliphatic rings. The number of fused-ring (bicyclic) bond motifs is 2. The van der Waals surface area contributed by atoms with Crippen LogP contribution in [0, 0.1) is 0 Å². The van der Waals surface area contributed by atoms with Crippen LogP contribution in [0.3, 0.4) is 0 Å². The second-order valence-electron chi connectivity index (χ2n) is 11.1. The highest BCUT2D eigenvalue weighted by atomic mass is 16.5. The topological polar surface area (TPSA) is 49.4 Å². The molecule has 0 radical (unpaired) electrons. The standard InChI is InChI=1S/C31H38O3/c1-6-7-8-9-16-34-28-20-23(12-13-25(28)29(32)33)21-10-11-22-18-26-27(19-24(22)17-21)31(4,5)15-14-30(26,2)3/h10-13,17-20H,6-9,14-16H2,1-5H3,(H,32,33)/p-1. The maximum atomic E-state index is 11.6. The molecule has 0 aliphatic heterocycles. The van der Waals surface area contributed by atoms with E-state index in [1.54, 1.807) is 6.07 Å². The number of carbonyl (C=O) groups is 1. The molecule has 34 heavy (non-hydrogen) atoms. The lowest BCUT2D eigenvalue weighted by atomic mass is 9.63. The van der Waals surface area contributed by atoms with Gasteiger partial charge in [-0.1, -0.05) is 84.2 Å². The van der Waals surface area contributed by atoms with Crippen molar-refractivity contribution in [1.82, 2.24) is 0 Å². The van der Waals surface area contributed by atoms with Crippen LogP contribution in [0.15, 0.2) is 48.5 Å². The summed E-state index contributed by atoms with van der Waals surface area (Å²) in [5.74, 6) is -0.812. The second kappa shape index (κ2) is 9.44. The van der Waals surface area contributed by atoms with Crippen LogP contribution < -0.4 is 9.84 Å². The average molecular weight is 458 g/mol. The van der Waals surface area contributed by atoms with Crippen molar-refractivity contribution in [2.24, 2.45) is 0 Å². The number of hydrogen-bond acceptors (Lipinski definition) is 3. The maximum Gasteiger partial charge on any atom is 0.128 e. The first-order chi connectivity index (χ1) is 16.1. The van der Waals surface area contributed by atoms with Crippen molar-refractivity contribution in [3.8, 4) is 16.9 Å². The van der Waals surface area contributed by atoms with E-state index in [0.29, 0.717) is 12.4 Å². The zero-order valence-corrected chi connectivity index (χ0v) is 21.3. The van der Waals surface area contributed by atoms with Crippen molar-refractivity contribution in [3.63, 3.8) is 0 Å². The number of hydrogen-bond donors (Lipinski definition) is 0. The Morgan fingerprint density at radius 2 is 1.44 bits per heavy atom. The van der Waals surface area contributed by atoms with E-state index >= 15 is 0 Å². The van der Waals surface area contributed by atoms with Gasteiger partial charge in [-0.3, -0.25) is 0 Å². The van der Waals surface area contributed by atoms with E-state index < -0.39 is 5.97 Å². The Kier molecular flexibility index (Phi) is 6.75. The smallest absolute Gasteiger partial charge is 0.128 e. The van der Waals surface area contributed by atoms with Gasteiger partial charge in [-0.15, -0.1) is 0 Å². The fourth-order valence-corrected chi connectivity index (χ4v) is 5.19. The van der Waals surface area contributed by atoms with Gasteiger partial charge in [-0.25, -0.2) is 0 Å². The van der Waals surface area contributed by atoms with Gasteiger partial charge in [0.2, 0.25) is 0 Å². The first kappa shape index (κ1) is 24.3. The highest BCUT2D eigenvalue weighted by Gasteiger charge is 2.37. The van der Waals surface area contributed by atoms with Crippen LogP contribution in [0.2, 0.25) is 0 Å². The third-order valence-corrected chi connectivity index (χ3v) is 7.60. The average Bonchev–Trinajstić information content (AvgIpc) is 2.80. The van der Waals surface area contributed by atoms with E-state index in [1.165, 1.54) is 34.7 Å². The molecule has 0 spiro atoms. The summed E-state index contributed by atoms with van der Waals surface area (Å²) < 4.78 is 5.90. The van der Waals surface area contributed by atoms with Crippen molar-refractivity contribution in [2.45, 2.75) is 84.0 Å². The molecule has 0 saturated carbocycles. The molecule has 0 saturated heterocycles. The summed E-state index contributed by atoms with van der Waals surface area (Å²) in [6, 6.07) is 16.6. The van der Waals surface area contributed by atoms with Gasteiger partial charge in [-0.2, -0.15) is 0 Å². The van der Waals surface area contributed by atoms with Gasteiger partial charge in [0.25, 0.3) is 0 Å². The van der Waals surface area contributed by atoms with E-state index in [1.807, 2.05) is 12.1 Å². The molecule has 0 amide bonds. The van der Waals surface area contributed by atoms with Gasteiger partial charge in [0.15, 0.2) is 0 Å². The molecular formula is C31H37O3-. The van der Waals surface area contributed by atoms with Gasteiger partial charge >= 0.3 is 0 Å². The molecule has 3 aromatic rings. The minimum absolute atomic E-state index is 0.109. The number of benzene rings is 3. The lowest BCUT2D eigenvalue weighted by molar-refractivity contribution is -0.255. The predicted molar refractivity (Wildman–Crippen MR) is 139 cm³/mol. The molecule has 0 atom stereocenters. The Morgan fingerprint density at radius 1 is 0.824 bits per heavy atom. The minimum atomic E-state index is -1.20. The van der Waals surface area contributed by atoms with E-state index in [2.05, 4.69) is 65.0 Å². The molecular weight excluding hydrogens is 420 g/mol. The Morgan fingerprint density at radius 3 is 2.09 bits per heavy atom. The lowest BCUT2D eigenvalue weighted by Crippen LogP contribution is -2.33. The minimum Gasteiger partial charge on any atom is -0.545 e. The molecule has 0 fully saturated rings. The number of aromatic carboxylic acids is 1. The van der Waals surface area contributed by atoms with Crippen LogP contribution in [0.25, 0.3) is 21.9 Å². The van der Waals surface area contributed by atoms with Crippen molar-refractivity contribution >= 4 is 16.7 Å². The van der Waals surface area contributed by atoms with Crippen LogP contribution in [0.1, 0.15) is 94.6 Å². The highest BCUT2D eigenvalue weighted by Crippen LogP contribution is 2.47. The summed E-state index contributed by atoms with van der Waals surface area (Å²) in [6.07, 6.45) is 6.69. The fourth-order valence-electron chi connectivity index (χ4n) is 5.19. The van der Waals surface area contributed by atoms with Crippen molar-refractivity contribution in [3.05, 3.63) is 65.2 Å². The number of unbranched alkanes of at least 4 members (excludes halogenated alkanes) is 3. The monoisotopic (exact) mass is 457 g/mol. The van der Waals surface area contributed by atoms with Crippen LogP contribution in [0.5, 0.6) is 5.75 Å². The second-order valence-corrected chi connectivity index (χ2v) is 11.1. The Balaban J connectivity index is 1.70. The van der Waals surface area contributed by atoms with Crippen molar-refractivity contribution < 1.29 is 14.6 Å². The Hall–Kier alpha value is -2.81. The first-order valence-corrected chi connectivity index (χ1v) is 12.7. The largest absolute Gasteiger partial charge is 0.545 e. The van der Waals surface area contributed by atoms with Gasteiger partial charge < -0.3 is 14.6 Å². The van der Waals surface area contributed by atoms with Gasteiger partial charge in [0.05, 0.1) is 12.6 Å². The van der Waals surface area contributed by atoms with Gasteiger partial charge in [0.1, 0.15) is 5.75 Å². The number of carboxylic acid groups (broad SMARTS) is 1. The zero-order valence-electron chi connectivity index (χ0n) is 21.3. The Labute approximate surface area is 204 Å². The maximum absolute atomic E-state index is 11.6. The molecule has 3 heteroatoms. The predicted octanol–water partition coefficient (Wildman–Crippen LogP) is 7.18. The quantitative estimate of drug-likeness (QED) is 0.337. The van der Waals surface area contributed by atoms with Crippen LogP contribution in [0.4, 0.5) is 0 Å². The van der Waals surface area contributed by atoms with E-state index in [0.717, 1.165) is 36.8 Å². The SMILES string of the molecule is CCCCCCOc1cc(-c2ccc3cc4c(cc3c2)C(C)(C)CCC4(C)C)ccc1C(=O)[O-]. The summed E-state index contributed by atoms with van der Waals surface area (Å²) in [6.45, 7) is 12.1. The number of carboxylic acids is 1. The molecule has 180 valence electrons. The number of carbonyl (C=O) groups excluding carboxylic acids is 1. The summed E-state index contributed by atoms with van der Waals surface area (Å²) in [5.41, 5.74) is 5.36. The van der Waals surface area contributed by atoms with E-state index in [-0.39, 0.29) is 16.4 Å². The molecule has 0 bridgehead atoms.